The predicted octanol–water partition coefficient (Wildman–Crippen LogP) is 3.23. The highest BCUT2D eigenvalue weighted by atomic mass is 15.2. The van der Waals surface area contributed by atoms with Gasteiger partial charge in [0.15, 0.2) is 0 Å². The van der Waals surface area contributed by atoms with Crippen LogP contribution in [0.5, 0.6) is 0 Å². The van der Waals surface area contributed by atoms with Gasteiger partial charge in [0.25, 0.3) is 0 Å². The van der Waals surface area contributed by atoms with E-state index in [4.69, 9.17) is 0 Å². The van der Waals surface area contributed by atoms with E-state index in [1.807, 2.05) is 6.92 Å². The van der Waals surface area contributed by atoms with Crippen molar-refractivity contribution in [1.82, 2.24) is 9.97 Å². The molecule has 0 atom stereocenters. The Balaban J connectivity index is 2.02. The summed E-state index contributed by atoms with van der Waals surface area (Å²) in [6.45, 7) is 6.20. The molecule has 1 fully saturated rings. The second kappa shape index (κ2) is 6.73. The van der Waals surface area contributed by atoms with Crippen molar-refractivity contribution in [2.24, 2.45) is 5.92 Å². The predicted molar refractivity (Wildman–Crippen MR) is 80.8 cm³/mol. The topological polar surface area (TPSA) is 41.0 Å². The fourth-order valence-corrected chi connectivity index (χ4v) is 2.76. The highest BCUT2D eigenvalue weighted by Crippen LogP contribution is 2.26. The number of aryl methyl sites for hydroxylation is 1. The van der Waals surface area contributed by atoms with Gasteiger partial charge in [-0.25, -0.2) is 9.97 Å². The third-order valence-electron chi connectivity index (χ3n) is 3.78. The molecular weight excluding hydrogens is 236 g/mol. The molecule has 0 aromatic carbocycles. The van der Waals surface area contributed by atoms with E-state index in [1.54, 1.807) is 0 Å². The monoisotopic (exact) mass is 262 g/mol. The van der Waals surface area contributed by atoms with E-state index < -0.39 is 0 Å². The van der Waals surface area contributed by atoms with Crippen LogP contribution in [0.2, 0.25) is 0 Å². The molecule has 1 aliphatic rings. The molecule has 1 aromatic heterocycles. The van der Waals surface area contributed by atoms with Crippen molar-refractivity contribution in [3.8, 4) is 0 Å². The van der Waals surface area contributed by atoms with Gasteiger partial charge in [-0.1, -0.05) is 19.8 Å². The van der Waals surface area contributed by atoms with Gasteiger partial charge in [-0.15, -0.1) is 0 Å². The van der Waals surface area contributed by atoms with Gasteiger partial charge in [-0.2, -0.15) is 0 Å². The molecule has 0 saturated heterocycles. The number of aromatic nitrogens is 2. The minimum atomic E-state index is 0.840. The first-order valence-corrected chi connectivity index (χ1v) is 7.49. The Morgan fingerprint density at radius 1 is 1.32 bits per heavy atom. The Morgan fingerprint density at radius 3 is 2.74 bits per heavy atom. The van der Waals surface area contributed by atoms with Crippen molar-refractivity contribution < 1.29 is 0 Å². The third kappa shape index (κ3) is 4.08. The Kier molecular flexibility index (Phi) is 5.00. The van der Waals surface area contributed by atoms with Crippen LogP contribution in [0.4, 0.5) is 11.6 Å². The van der Waals surface area contributed by atoms with Crippen LogP contribution in [0.1, 0.15) is 44.9 Å². The third-order valence-corrected chi connectivity index (χ3v) is 3.78. The smallest absolute Gasteiger partial charge is 0.134 e. The van der Waals surface area contributed by atoms with Gasteiger partial charge >= 0.3 is 0 Å². The number of hydrogen-bond acceptors (Lipinski definition) is 4. The summed E-state index contributed by atoms with van der Waals surface area (Å²) < 4.78 is 0. The number of hydrogen-bond donors (Lipinski definition) is 1. The lowest BCUT2D eigenvalue weighted by molar-refractivity contribution is 0.544. The number of rotatable bonds is 6. The summed E-state index contributed by atoms with van der Waals surface area (Å²) in [6.07, 6.45) is 6.64. The van der Waals surface area contributed by atoms with Crippen LogP contribution in [-0.4, -0.2) is 30.1 Å². The molecule has 2 rings (SSSR count). The largest absolute Gasteiger partial charge is 0.370 e. The molecule has 106 valence electrons. The van der Waals surface area contributed by atoms with Gasteiger partial charge in [0.1, 0.15) is 17.5 Å². The molecule has 1 aliphatic carbocycles. The van der Waals surface area contributed by atoms with Crippen LogP contribution in [0.15, 0.2) is 6.07 Å². The first kappa shape index (κ1) is 14.1. The van der Waals surface area contributed by atoms with Gasteiger partial charge in [-0.05, 0) is 32.1 Å². The molecule has 0 spiro atoms. The summed E-state index contributed by atoms with van der Waals surface area (Å²) in [5, 5.41) is 3.35. The zero-order valence-electron chi connectivity index (χ0n) is 12.4. The van der Waals surface area contributed by atoms with Gasteiger partial charge in [0, 0.05) is 26.2 Å². The van der Waals surface area contributed by atoms with E-state index in [-0.39, 0.29) is 0 Å². The summed E-state index contributed by atoms with van der Waals surface area (Å²) in [5.41, 5.74) is 0. The van der Waals surface area contributed by atoms with Crippen LogP contribution in [0.25, 0.3) is 0 Å². The van der Waals surface area contributed by atoms with Crippen molar-refractivity contribution in [1.29, 1.82) is 0 Å². The van der Waals surface area contributed by atoms with E-state index >= 15 is 0 Å². The molecular formula is C15H26N4. The maximum Gasteiger partial charge on any atom is 0.134 e. The molecule has 1 aromatic rings. The van der Waals surface area contributed by atoms with Gasteiger partial charge in [0.05, 0.1) is 0 Å². The molecule has 1 heterocycles. The molecule has 0 amide bonds. The zero-order chi connectivity index (χ0) is 13.7. The Labute approximate surface area is 116 Å². The number of anilines is 2. The van der Waals surface area contributed by atoms with Crippen molar-refractivity contribution in [2.75, 3.05) is 30.4 Å². The summed E-state index contributed by atoms with van der Waals surface area (Å²) in [7, 11) is 2.14. The summed E-state index contributed by atoms with van der Waals surface area (Å²) >= 11 is 0. The second-order valence-corrected chi connectivity index (χ2v) is 5.62. The molecule has 0 aliphatic heterocycles. The Hall–Kier alpha value is -1.32. The van der Waals surface area contributed by atoms with Gasteiger partial charge in [0.2, 0.25) is 0 Å². The summed E-state index contributed by atoms with van der Waals surface area (Å²) in [4.78, 5) is 11.3. The fourth-order valence-electron chi connectivity index (χ4n) is 2.76. The lowest BCUT2D eigenvalue weighted by atomic mass is 10.1. The standard InChI is InChI=1S/C15H26N4/c1-4-9-16-14-10-15(18-12(2)17-14)19(3)11-13-7-5-6-8-13/h10,13H,4-9,11H2,1-3H3,(H,16,17,18). The molecule has 0 bridgehead atoms. The Morgan fingerprint density at radius 2 is 2.05 bits per heavy atom. The highest BCUT2D eigenvalue weighted by Gasteiger charge is 2.18. The van der Waals surface area contributed by atoms with Crippen LogP contribution >= 0.6 is 0 Å². The van der Waals surface area contributed by atoms with Crippen LogP contribution < -0.4 is 10.2 Å². The van der Waals surface area contributed by atoms with E-state index in [9.17, 15) is 0 Å². The zero-order valence-corrected chi connectivity index (χ0v) is 12.4. The molecule has 0 unspecified atom stereocenters. The van der Waals surface area contributed by atoms with Crippen LogP contribution in [0.3, 0.4) is 0 Å². The summed E-state index contributed by atoms with van der Waals surface area (Å²) in [5.74, 6) is 3.67. The van der Waals surface area contributed by atoms with Crippen LogP contribution in [-0.2, 0) is 0 Å². The van der Waals surface area contributed by atoms with Crippen molar-refractivity contribution >= 4 is 11.6 Å². The molecule has 1 N–H and O–H groups in total. The Bertz CT molecular complexity index is 399. The molecule has 19 heavy (non-hydrogen) atoms. The van der Waals surface area contributed by atoms with Crippen molar-refractivity contribution in [3.05, 3.63) is 11.9 Å². The van der Waals surface area contributed by atoms with Crippen LogP contribution in [0, 0.1) is 12.8 Å². The molecule has 1 saturated carbocycles. The molecule has 4 nitrogen and oxygen atoms in total. The molecule has 4 heteroatoms. The van der Waals surface area contributed by atoms with E-state index in [0.29, 0.717) is 0 Å². The lowest BCUT2D eigenvalue weighted by Crippen LogP contribution is -2.25. The van der Waals surface area contributed by atoms with E-state index in [0.717, 1.165) is 42.9 Å². The average Bonchev–Trinajstić information content (AvgIpc) is 2.88. The van der Waals surface area contributed by atoms with Gasteiger partial charge in [-0.3, -0.25) is 0 Å². The maximum absolute atomic E-state index is 4.56. The van der Waals surface area contributed by atoms with Crippen molar-refractivity contribution in [3.63, 3.8) is 0 Å². The number of nitrogens with zero attached hydrogens (tertiary/aromatic N) is 3. The SMILES string of the molecule is CCCNc1cc(N(C)CC2CCCC2)nc(C)n1. The quantitative estimate of drug-likeness (QED) is 0.854. The highest BCUT2D eigenvalue weighted by molar-refractivity contribution is 5.49. The lowest BCUT2D eigenvalue weighted by Gasteiger charge is -2.22. The average molecular weight is 262 g/mol. The number of nitrogens with one attached hydrogen (secondary N) is 1. The van der Waals surface area contributed by atoms with E-state index in [2.05, 4.69) is 40.2 Å². The second-order valence-electron chi connectivity index (χ2n) is 5.62. The maximum atomic E-state index is 4.56. The molecule has 0 radical (unpaired) electrons. The van der Waals surface area contributed by atoms with E-state index in [1.165, 1.54) is 25.7 Å². The normalized spacial score (nSPS) is 15.7. The minimum Gasteiger partial charge on any atom is -0.370 e. The van der Waals surface area contributed by atoms with Gasteiger partial charge < -0.3 is 10.2 Å². The minimum absolute atomic E-state index is 0.840. The fraction of sp³-hybridized carbons (Fsp3) is 0.733. The first-order chi connectivity index (χ1) is 9.19. The van der Waals surface area contributed by atoms with Crippen molar-refractivity contribution in [2.45, 2.75) is 46.0 Å². The summed E-state index contributed by atoms with van der Waals surface area (Å²) in [6, 6.07) is 2.07. The first-order valence-electron chi connectivity index (χ1n) is 7.49.